The second-order valence-corrected chi connectivity index (χ2v) is 9.40. The van der Waals surface area contributed by atoms with Gasteiger partial charge in [-0.25, -0.2) is 19.7 Å². The molecule has 0 aromatic heterocycles. The van der Waals surface area contributed by atoms with Crippen LogP contribution in [0.1, 0.15) is 31.2 Å². The molecular weight excluding hydrogens is 488 g/mol. The maximum Gasteiger partial charge on any atom is 0.330 e. The van der Waals surface area contributed by atoms with Crippen LogP contribution in [0.2, 0.25) is 0 Å². The lowest BCUT2D eigenvalue weighted by Gasteiger charge is -2.16. The Hall–Kier alpha value is -3.34. The third-order valence-electron chi connectivity index (χ3n) is 4.55. The van der Waals surface area contributed by atoms with E-state index in [0.717, 1.165) is 27.5 Å². The summed E-state index contributed by atoms with van der Waals surface area (Å²) >= 11 is 2.66. The smallest absolute Gasteiger partial charge is 0.330 e. The van der Waals surface area contributed by atoms with Gasteiger partial charge in [0.2, 0.25) is 0 Å². The molecule has 0 saturated carbocycles. The van der Waals surface area contributed by atoms with Crippen molar-refractivity contribution >= 4 is 35.5 Å². The predicted molar refractivity (Wildman–Crippen MR) is 134 cm³/mol. The van der Waals surface area contributed by atoms with E-state index >= 15 is 0 Å². The van der Waals surface area contributed by atoms with E-state index in [4.69, 9.17) is 25.5 Å². The van der Waals surface area contributed by atoms with Gasteiger partial charge in [0.25, 0.3) is 5.70 Å². The van der Waals surface area contributed by atoms with Crippen molar-refractivity contribution in [2.75, 3.05) is 26.4 Å². The van der Waals surface area contributed by atoms with E-state index in [2.05, 4.69) is 18.0 Å². The minimum Gasteiger partial charge on any atom is -0.492 e. The van der Waals surface area contributed by atoms with Crippen LogP contribution in [0.15, 0.2) is 51.1 Å². The van der Waals surface area contributed by atoms with Gasteiger partial charge in [0, 0.05) is 12.2 Å². The van der Waals surface area contributed by atoms with Crippen LogP contribution in [-0.2, 0) is 19.1 Å². The lowest BCUT2D eigenvalue weighted by atomic mass is 10.2. The molecule has 0 spiro atoms. The van der Waals surface area contributed by atoms with Crippen molar-refractivity contribution in [2.24, 2.45) is 0 Å². The lowest BCUT2D eigenvalue weighted by Crippen LogP contribution is -2.06. The number of carbonyl (C=O) groups is 2. The summed E-state index contributed by atoms with van der Waals surface area (Å²) in [5.41, 5.74) is 0.895. The van der Waals surface area contributed by atoms with Crippen LogP contribution in [0.3, 0.4) is 0 Å². The number of rotatable bonds is 14. The van der Waals surface area contributed by atoms with E-state index < -0.39 is 11.9 Å². The Labute approximate surface area is 213 Å². The van der Waals surface area contributed by atoms with Crippen LogP contribution >= 0.6 is 23.5 Å². The predicted octanol–water partition coefficient (Wildman–Crippen LogP) is 5.58. The Morgan fingerprint density at radius 2 is 1.54 bits per heavy atom. The highest BCUT2D eigenvalue weighted by Gasteiger charge is 2.29. The Morgan fingerprint density at radius 1 is 1.00 bits per heavy atom. The number of unbranched alkanes of at least 4 members (excludes halogenated alkanes) is 2. The zero-order valence-electron chi connectivity index (χ0n) is 19.5. The molecule has 0 bridgehead atoms. The van der Waals surface area contributed by atoms with Gasteiger partial charge < -0.3 is 18.9 Å². The molecule has 1 heterocycles. The van der Waals surface area contributed by atoms with Crippen LogP contribution < -0.4 is 9.47 Å². The molecule has 1 aliphatic rings. The highest BCUT2D eigenvalue weighted by atomic mass is 32.2. The molecule has 0 atom stereocenters. The summed E-state index contributed by atoms with van der Waals surface area (Å²) in [6.45, 7) is 17.3. The van der Waals surface area contributed by atoms with Gasteiger partial charge in [-0.15, -0.1) is 0 Å². The lowest BCUT2D eigenvalue weighted by molar-refractivity contribution is -0.138. The third kappa shape index (κ3) is 8.43. The quantitative estimate of drug-likeness (QED) is 0.104. The number of esters is 2. The van der Waals surface area contributed by atoms with E-state index in [9.17, 15) is 14.9 Å². The molecule has 1 aliphatic heterocycles. The average molecular weight is 515 g/mol. The van der Waals surface area contributed by atoms with Crippen LogP contribution in [-0.4, -0.2) is 38.4 Å². The number of ether oxygens (including phenoxy) is 4. The number of hydrogen-bond acceptors (Lipinski definition) is 9. The first-order chi connectivity index (χ1) is 16.9. The maximum atomic E-state index is 11.1. The summed E-state index contributed by atoms with van der Waals surface area (Å²) in [5.74, 6) is 0.433. The number of benzene rings is 1. The van der Waals surface area contributed by atoms with Gasteiger partial charge in [0.1, 0.15) is 11.5 Å². The summed E-state index contributed by atoms with van der Waals surface area (Å²) in [6, 6.07) is 3.83. The van der Waals surface area contributed by atoms with Crippen LogP contribution in [0.4, 0.5) is 0 Å². The fraction of sp³-hybridized carbons (Fsp3) is 0.360. The van der Waals surface area contributed by atoms with Crippen LogP contribution in [0.5, 0.6) is 11.5 Å². The number of aryl methyl sites for hydroxylation is 1. The van der Waals surface area contributed by atoms with Gasteiger partial charge >= 0.3 is 11.9 Å². The molecule has 0 unspecified atom stereocenters. The summed E-state index contributed by atoms with van der Waals surface area (Å²) in [5, 5.41) is 9.33. The van der Waals surface area contributed by atoms with Gasteiger partial charge in [0.05, 0.1) is 53.1 Å². The molecule has 0 aliphatic carbocycles. The monoisotopic (exact) mass is 514 g/mol. The number of hydrogen-bond donors (Lipinski definition) is 0. The molecule has 8 nitrogen and oxygen atoms in total. The molecule has 184 valence electrons. The summed E-state index contributed by atoms with van der Waals surface area (Å²) in [4.78, 5) is 27.2. The van der Waals surface area contributed by atoms with Crippen molar-refractivity contribution in [3.05, 3.63) is 58.3 Å². The standard InChI is InChI=1S/C25H26N2O6S2/c1-5-20(28)31-12-8-7-11-30-19-15-17(3)22(33-14-10-9-13-32-21(29)6-2)24-23(19)34-25(35-24)18(16-26)27-4/h5-6,15H,1-2,7-14H2,3H3/b25-18+. The molecular formula is C25H26N2O6S2. The normalized spacial score (nSPS) is 13.0. The summed E-state index contributed by atoms with van der Waals surface area (Å²) < 4.78 is 22.6. The van der Waals surface area contributed by atoms with E-state index in [1.165, 1.54) is 23.5 Å². The molecule has 0 fully saturated rings. The largest absolute Gasteiger partial charge is 0.492 e. The van der Waals surface area contributed by atoms with E-state index in [-0.39, 0.29) is 5.70 Å². The number of allylic oxidation sites excluding steroid dienone is 1. The molecule has 0 N–H and O–H groups in total. The van der Waals surface area contributed by atoms with Crippen molar-refractivity contribution in [3.8, 4) is 17.6 Å². The molecule has 35 heavy (non-hydrogen) atoms. The van der Waals surface area contributed by atoms with Crippen LogP contribution in [0.25, 0.3) is 4.85 Å². The van der Waals surface area contributed by atoms with Crippen molar-refractivity contribution in [3.63, 3.8) is 0 Å². The number of fused-ring (bicyclic) bond motifs is 1. The van der Waals surface area contributed by atoms with Crippen molar-refractivity contribution in [1.29, 1.82) is 5.26 Å². The molecule has 2 rings (SSSR count). The Balaban J connectivity index is 2.07. The van der Waals surface area contributed by atoms with Crippen molar-refractivity contribution in [1.82, 2.24) is 0 Å². The summed E-state index contributed by atoms with van der Waals surface area (Å²) in [6.07, 6.45) is 4.91. The molecule has 0 amide bonds. The average Bonchev–Trinajstić information content (AvgIpc) is 3.30. The number of nitrogens with zero attached hydrogens (tertiary/aromatic N) is 2. The van der Waals surface area contributed by atoms with Crippen molar-refractivity contribution < 1.29 is 28.5 Å². The third-order valence-corrected chi connectivity index (χ3v) is 7.14. The van der Waals surface area contributed by atoms with Crippen LogP contribution in [0, 0.1) is 24.8 Å². The SMILES string of the molecule is [C-]#[N+]/C(C#N)=C1\Sc2c(OCCCCOC(=O)C=C)cc(C)c(OCCCCOC(=O)C=C)c2S1. The first-order valence-electron chi connectivity index (χ1n) is 10.8. The van der Waals surface area contributed by atoms with E-state index in [1.807, 2.05) is 19.1 Å². The molecule has 1 aromatic carbocycles. The van der Waals surface area contributed by atoms with Gasteiger partial charge in [-0.05, 0) is 44.2 Å². The van der Waals surface area contributed by atoms with Gasteiger partial charge in [0.15, 0.2) is 0 Å². The minimum atomic E-state index is -0.450. The van der Waals surface area contributed by atoms with Crippen molar-refractivity contribution in [2.45, 2.75) is 42.4 Å². The Kier molecular flexibility index (Phi) is 11.8. The van der Waals surface area contributed by atoms with Gasteiger partial charge in [-0.3, -0.25) is 0 Å². The first kappa shape index (κ1) is 27.9. The molecule has 10 heteroatoms. The molecule has 0 saturated heterocycles. The number of carbonyl (C=O) groups excluding carboxylic acids is 2. The van der Waals surface area contributed by atoms with E-state index in [0.29, 0.717) is 67.8 Å². The van der Waals surface area contributed by atoms with E-state index in [1.54, 1.807) is 0 Å². The fourth-order valence-corrected chi connectivity index (χ4v) is 5.42. The number of nitriles is 1. The second-order valence-electron chi connectivity index (χ2n) is 7.10. The zero-order valence-corrected chi connectivity index (χ0v) is 21.1. The fourth-order valence-electron chi connectivity index (χ4n) is 2.84. The minimum absolute atomic E-state index is 0.0267. The van der Waals surface area contributed by atoms with Gasteiger partial charge in [-0.2, -0.15) is 0 Å². The highest BCUT2D eigenvalue weighted by Crippen LogP contribution is 2.59. The maximum absolute atomic E-state index is 11.1. The number of thioether (sulfide) groups is 2. The molecule has 1 aromatic rings. The molecule has 0 radical (unpaired) electrons. The summed E-state index contributed by atoms with van der Waals surface area (Å²) in [7, 11) is 0. The Bertz CT molecular complexity index is 1070. The van der Waals surface area contributed by atoms with Gasteiger partial charge in [-0.1, -0.05) is 36.7 Å². The second kappa shape index (κ2) is 14.8. The Morgan fingerprint density at radius 3 is 2.09 bits per heavy atom. The first-order valence-corrected chi connectivity index (χ1v) is 12.5. The topological polar surface area (TPSA) is 99.2 Å². The zero-order chi connectivity index (χ0) is 25.6. The highest BCUT2D eigenvalue weighted by molar-refractivity contribution is 8.24.